The molecule has 2 rings (SSSR count). The number of carbonyl (C=O) groups excluding carboxylic acids is 2. The number of nitrogens with one attached hydrogen (secondary N) is 1. The van der Waals surface area contributed by atoms with Crippen LogP contribution in [0.4, 0.5) is 14.5 Å². The van der Waals surface area contributed by atoms with E-state index in [2.05, 4.69) is 5.32 Å². The predicted octanol–water partition coefficient (Wildman–Crippen LogP) is 3.40. The van der Waals surface area contributed by atoms with Crippen LogP contribution in [0.25, 0.3) is 0 Å². The average molecular weight is 353 g/mol. The molecule has 2 amide bonds. The molecule has 126 valence electrons. The van der Waals surface area contributed by atoms with Crippen LogP contribution < -0.4 is 10.2 Å². The summed E-state index contributed by atoms with van der Waals surface area (Å²) in [5.41, 5.74) is 0.614. The predicted molar refractivity (Wildman–Crippen MR) is 88.2 cm³/mol. The van der Waals surface area contributed by atoms with Crippen molar-refractivity contribution in [2.75, 3.05) is 18.0 Å². The van der Waals surface area contributed by atoms with Crippen molar-refractivity contribution in [3.63, 3.8) is 0 Å². The standard InChI is InChI=1S/C17H15ClF2N2O2/c1-11(23)22(14-5-6-15(19)16(20)10-14)8-7-21-17(24)12-3-2-4-13(18)9-12/h2-6,9-10H,7-8H2,1H3,(H,21,24). The summed E-state index contributed by atoms with van der Waals surface area (Å²) in [5, 5.41) is 3.09. The molecule has 0 saturated heterocycles. The zero-order valence-electron chi connectivity index (χ0n) is 12.9. The topological polar surface area (TPSA) is 49.4 Å². The van der Waals surface area contributed by atoms with Gasteiger partial charge in [-0.15, -0.1) is 0 Å². The first-order chi connectivity index (χ1) is 11.4. The Hall–Kier alpha value is -2.47. The van der Waals surface area contributed by atoms with Crippen LogP contribution in [0.5, 0.6) is 0 Å². The van der Waals surface area contributed by atoms with Crippen LogP contribution in [-0.2, 0) is 4.79 Å². The zero-order chi connectivity index (χ0) is 17.7. The number of nitrogens with zero attached hydrogens (tertiary/aromatic N) is 1. The van der Waals surface area contributed by atoms with Crippen LogP contribution >= 0.6 is 11.6 Å². The van der Waals surface area contributed by atoms with Crippen LogP contribution in [0.15, 0.2) is 42.5 Å². The molecule has 7 heteroatoms. The molecule has 2 aromatic carbocycles. The number of carbonyl (C=O) groups is 2. The fourth-order valence-corrected chi connectivity index (χ4v) is 2.32. The summed E-state index contributed by atoms with van der Waals surface area (Å²) in [6.07, 6.45) is 0. The number of anilines is 1. The molecule has 0 aliphatic rings. The second-order valence-corrected chi connectivity index (χ2v) is 5.47. The first-order valence-corrected chi connectivity index (χ1v) is 7.53. The van der Waals surface area contributed by atoms with E-state index in [1.807, 2.05) is 0 Å². The Morgan fingerprint density at radius 3 is 2.50 bits per heavy atom. The van der Waals surface area contributed by atoms with Gasteiger partial charge >= 0.3 is 0 Å². The summed E-state index contributed by atoms with van der Waals surface area (Å²) in [5.74, 6) is -2.72. The van der Waals surface area contributed by atoms with Crippen LogP contribution in [0, 0.1) is 11.6 Å². The summed E-state index contributed by atoms with van der Waals surface area (Å²) in [4.78, 5) is 25.0. The van der Waals surface area contributed by atoms with E-state index >= 15 is 0 Å². The second kappa shape index (κ2) is 7.88. The maximum Gasteiger partial charge on any atom is 0.251 e. The molecule has 0 aliphatic carbocycles. The molecule has 0 radical (unpaired) electrons. The van der Waals surface area contributed by atoms with Gasteiger partial charge in [0, 0.05) is 42.4 Å². The molecule has 0 atom stereocenters. The van der Waals surface area contributed by atoms with Crippen molar-refractivity contribution in [1.29, 1.82) is 0 Å². The van der Waals surface area contributed by atoms with Crippen LogP contribution in [0.2, 0.25) is 5.02 Å². The van der Waals surface area contributed by atoms with Gasteiger partial charge in [-0.1, -0.05) is 17.7 Å². The van der Waals surface area contributed by atoms with Crippen molar-refractivity contribution in [3.8, 4) is 0 Å². The lowest BCUT2D eigenvalue weighted by molar-refractivity contribution is -0.116. The summed E-state index contributed by atoms with van der Waals surface area (Å²) in [6.45, 7) is 1.57. The Bertz CT molecular complexity index is 768. The third kappa shape index (κ3) is 4.52. The van der Waals surface area contributed by atoms with E-state index in [1.54, 1.807) is 18.2 Å². The first-order valence-electron chi connectivity index (χ1n) is 7.15. The Kier molecular flexibility index (Phi) is 5.87. The molecule has 0 unspecified atom stereocenters. The van der Waals surface area contributed by atoms with E-state index < -0.39 is 11.6 Å². The molecule has 2 aromatic rings. The van der Waals surface area contributed by atoms with Gasteiger partial charge in [0.2, 0.25) is 5.91 Å². The van der Waals surface area contributed by atoms with Crippen molar-refractivity contribution < 1.29 is 18.4 Å². The average Bonchev–Trinajstić information content (AvgIpc) is 2.54. The highest BCUT2D eigenvalue weighted by molar-refractivity contribution is 6.30. The minimum atomic E-state index is -1.04. The van der Waals surface area contributed by atoms with Crippen LogP contribution in [-0.4, -0.2) is 24.9 Å². The van der Waals surface area contributed by atoms with E-state index in [1.165, 1.54) is 24.0 Å². The Labute approximate surface area is 143 Å². The van der Waals surface area contributed by atoms with E-state index in [0.717, 1.165) is 12.1 Å². The number of amides is 2. The van der Waals surface area contributed by atoms with Gasteiger partial charge in [0.1, 0.15) is 0 Å². The number of halogens is 3. The Balaban J connectivity index is 2.00. The molecule has 0 aliphatic heterocycles. The highest BCUT2D eigenvalue weighted by atomic mass is 35.5. The molecule has 24 heavy (non-hydrogen) atoms. The molecule has 0 fully saturated rings. The van der Waals surface area contributed by atoms with Gasteiger partial charge in [-0.3, -0.25) is 9.59 Å². The second-order valence-electron chi connectivity index (χ2n) is 5.04. The minimum absolute atomic E-state index is 0.118. The van der Waals surface area contributed by atoms with E-state index in [9.17, 15) is 18.4 Å². The first kappa shape index (κ1) is 17.9. The number of hydrogen-bond acceptors (Lipinski definition) is 2. The molecule has 0 heterocycles. The van der Waals surface area contributed by atoms with Gasteiger partial charge < -0.3 is 10.2 Å². The van der Waals surface area contributed by atoms with Gasteiger partial charge in [-0.25, -0.2) is 8.78 Å². The monoisotopic (exact) mass is 352 g/mol. The number of rotatable bonds is 5. The summed E-state index contributed by atoms with van der Waals surface area (Å²) in [7, 11) is 0. The smallest absolute Gasteiger partial charge is 0.251 e. The summed E-state index contributed by atoms with van der Waals surface area (Å²) < 4.78 is 26.3. The van der Waals surface area contributed by atoms with E-state index in [0.29, 0.717) is 10.6 Å². The lowest BCUT2D eigenvalue weighted by atomic mass is 10.2. The molecule has 0 spiro atoms. The quantitative estimate of drug-likeness (QED) is 0.896. The SMILES string of the molecule is CC(=O)N(CCNC(=O)c1cccc(Cl)c1)c1ccc(F)c(F)c1. The van der Waals surface area contributed by atoms with E-state index in [-0.39, 0.29) is 30.6 Å². The zero-order valence-corrected chi connectivity index (χ0v) is 13.6. The maximum absolute atomic E-state index is 13.3. The summed E-state index contributed by atoms with van der Waals surface area (Å²) in [6, 6.07) is 9.63. The third-order valence-electron chi connectivity index (χ3n) is 3.30. The third-order valence-corrected chi connectivity index (χ3v) is 3.54. The van der Waals surface area contributed by atoms with Gasteiger partial charge in [0.15, 0.2) is 11.6 Å². The molecule has 1 N–H and O–H groups in total. The van der Waals surface area contributed by atoms with Crippen molar-refractivity contribution in [2.45, 2.75) is 6.92 Å². The van der Waals surface area contributed by atoms with Crippen LogP contribution in [0.3, 0.4) is 0 Å². The van der Waals surface area contributed by atoms with Gasteiger partial charge in [0.05, 0.1) is 0 Å². The van der Waals surface area contributed by atoms with Crippen molar-refractivity contribution >= 4 is 29.1 Å². The summed E-state index contributed by atoms with van der Waals surface area (Å²) >= 11 is 5.82. The Morgan fingerprint density at radius 1 is 1.12 bits per heavy atom. The number of benzene rings is 2. The fourth-order valence-electron chi connectivity index (χ4n) is 2.13. The molecule has 0 saturated carbocycles. The Morgan fingerprint density at radius 2 is 1.88 bits per heavy atom. The van der Waals surface area contributed by atoms with Crippen molar-refractivity contribution in [1.82, 2.24) is 5.32 Å². The molecular weight excluding hydrogens is 338 g/mol. The normalized spacial score (nSPS) is 10.3. The van der Waals surface area contributed by atoms with Gasteiger partial charge in [-0.05, 0) is 30.3 Å². The van der Waals surface area contributed by atoms with E-state index in [4.69, 9.17) is 11.6 Å². The molecular formula is C17H15ClF2N2O2. The highest BCUT2D eigenvalue weighted by Crippen LogP contribution is 2.18. The number of hydrogen-bond donors (Lipinski definition) is 1. The maximum atomic E-state index is 13.3. The van der Waals surface area contributed by atoms with Crippen molar-refractivity contribution in [3.05, 3.63) is 64.7 Å². The highest BCUT2D eigenvalue weighted by Gasteiger charge is 2.14. The lowest BCUT2D eigenvalue weighted by Crippen LogP contribution is -2.37. The van der Waals surface area contributed by atoms with Crippen molar-refractivity contribution in [2.24, 2.45) is 0 Å². The van der Waals surface area contributed by atoms with Gasteiger partial charge in [-0.2, -0.15) is 0 Å². The molecule has 4 nitrogen and oxygen atoms in total. The largest absolute Gasteiger partial charge is 0.350 e. The van der Waals surface area contributed by atoms with Crippen LogP contribution in [0.1, 0.15) is 17.3 Å². The molecule has 0 bridgehead atoms. The lowest BCUT2D eigenvalue weighted by Gasteiger charge is -2.21. The van der Waals surface area contributed by atoms with Gasteiger partial charge in [0.25, 0.3) is 5.91 Å². The fraction of sp³-hybridized carbons (Fsp3) is 0.176. The molecule has 0 aromatic heterocycles. The minimum Gasteiger partial charge on any atom is -0.350 e.